The van der Waals surface area contributed by atoms with Gasteiger partial charge in [-0.25, -0.2) is 4.79 Å². The van der Waals surface area contributed by atoms with E-state index in [-0.39, 0.29) is 5.69 Å². The molecule has 0 radical (unpaired) electrons. The summed E-state index contributed by atoms with van der Waals surface area (Å²) in [5.41, 5.74) is 0.682. The predicted molar refractivity (Wildman–Crippen MR) is 67.5 cm³/mol. The Morgan fingerprint density at radius 2 is 1.89 bits per heavy atom. The topological polar surface area (TPSA) is 93.6 Å². The quantitative estimate of drug-likeness (QED) is 0.517. The number of furan rings is 1. The molecule has 19 heavy (non-hydrogen) atoms. The number of aliphatic carboxylic acids is 1. The van der Waals surface area contributed by atoms with Crippen LogP contribution >= 0.6 is 0 Å². The number of nitrogens with zero attached hydrogens (tertiary/aromatic N) is 1. The highest BCUT2D eigenvalue weighted by molar-refractivity contribution is 5.84. The SMILES string of the molecule is O=C(O)C=Cc1ccc(-c2ccc([N+](=O)[O-])cc2)o1. The van der Waals surface area contributed by atoms with Crippen molar-refractivity contribution in [3.8, 4) is 11.3 Å². The molecule has 1 aromatic heterocycles. The summed E-state index contributed by atoms with van der Waals surface area (Å²) in [5.74, 6) is -0.149. The minimum absolute atomic E-state index is 0.00121. The van der Waals surface area contributed by atoms with E-state index >= 15 is 0 Å². The zero-order chi connectivity index (χ0) is 13.8. The lowest BCUT2D eigenvalue weighted by Crippen LogP contribution is -1.86. The minimum atomic E-state index is -1.06. The van der Waals surface area contributed by atoms with Gasteiger partial charge in [0.15, 0.2) is 0 Å². The highest BCUT2D eigenvalue weighted by atomic mass is 16.6. The number of carboxylic acid groups (broad SMARTS) is 1. The fraction of sp³-hybridized carbons (Fsp3) is 0. The normalized spacial score (nSPS) is 10.7. The molecule has 0 aliphatic rings. The van der Waals surface area contributed by atoms with Gasteiger partial charge in [-0.05, 0) is 30.3 Å². The summed E-state index contributed by atoms with van der Waals surface area (Å²) in [5, 5.41) is 19.0. The van der Waals surface area contributed by atoms with Crippen LogP contribution in [0.1, 0.15) is 5.76 Å². The average Bonchev–Trinajstić information content (AvgIpc) is 2.85. The van der Waals surface area contributed by atoms with Crippen LogP contribution < -0.4 is 0 Å². The monoisotopic (exact) mass is 259 g/mol. The first-order chi connectivity index (χ1) is 9.06. The van der Waals surface area contributed by atoms with Crippen LogP contribution in [0.4, 0.5) is 5.69 Å². The molecule has 2 aromatic rings. The number of non-ortho nitro benzene ring substituents is 1. The highest BCUT2D eigenvalue weighted by Crippen LogP contribution is 2.24. The summed E-state index contributed by atoms with van der Waals surface area (Å²) >= 11 is 0. The molecule has 0 saturated carbocycles. The molecule has 0 spiro atoms. The van der Waals surface area contributed by atoms with E-state index in [1.54, 1.807) is 24.3 Å². The van der Waals surface area contributed by atoms with Crippen LogP contribution in [0.5, 0.6) is 0 Å². The van der Waals surface area contributed by atoms with E-state index < -0.39 is 10.9 Å². The second-order valence-electron chi connectivity index (χ2n) is 3.68. The van der Waals surface area contributed by atoms with Gasteiger partial charge in [0.1, 0.15) is 11.5 Å². The van der Waals surface area contributed by atoms with Gasteiger partial charge in [-0.3, -0.25) is 10.1 Å². The summed E-state index contributed by atoms with van der Waals surface area (Å²) in [6.45, 7) is 0. The number of nitro groups is 1. The smallest absolute Gasteiger partial charge is 0.328 e. The summed E-state index contributed by atoms with van der Waals surface area (Å²) in [7, 11) is 0. The lowest BCUT2D eigenvalue weighted by atomic mass is 10.1. The third-order valence-corrected chi connectivity index (χ3v) is 2.38. The predicted octanol–water partition coefficient (Wildman–Crippen LogP) is 2.95. The molecule has 6 nitrogen and oxygen atoms in total. The molecule has 0 unspecified atom stereocenters. The van der Waals surface area contributed by atoms with Crippen LogP contribution in [-0.2, 0) is 4.79 Å². The Labute approximate surface area is 107 Å². The lowest BCUT2D eigenvalue weighted by molar-refractivity contribution is -0.384. The second kappa shape index (κ2) is 5.18. The molecule has 1 heterocycles. The molecule has 0 aliphatic heterocycles. The number of nitro benzene ring substituents is 1. The van der Waals surface area contributed by atoms with Crippen LogP contribution in [0.25, 0.3) is 17.4 Å². The Kier molecular flexibility index (Phi) is 3.42. The highest BCUT2D eigenvalue weighted by Gasteiger charge is 2.07. The lowest BCUT2D eigenvalue weighted by Gasteiger charge is -1.96. The molecule has 0 aliphatic carbocycles. The molecular weight excluding hydrogens is 250 g/mol. The van der Waals surface area contributed by atoms with E-state index in [2.05, 4.69) is 0 Å². The Hall–Kier alpha value is -2.89. The van der Waals surface area contributed by atoms with Crippen molar-refractivity contribution < 1.29 is 19.2 Å². The number of carboxylic acids is 1. The molecule has 0 fully saturated rings. The van der Waals surface area contributed by atoms with Gasteiger partial charge < -0.3 is 9.52 Å². The molecule has 1 N–H and O–H groups in total. The molecule has 0 atom stereocenters. The van der Waals surface area contributed by atoms with Crippen LogP contribution in [0, 0.1) is 10.1 Å². The zero-order valence-electron chi connectivity index (χ0n) is 9.65. The van der Waals surface area contributed by atoms with Crippen molar-refractivity contribution in [2.45, 2.75) is 0 Å². The van der Waals surface area contributed by atoms with E-state index in [1.165, 1.54) is 18.2 Å². The standard InChI is InChI=1S/C13H9NO5/c15-13(16)8-6-11-5-7-12(19-11)9-1-3-10(4-2-9)14(17)18/h1-8H,(H,15,16). The van der Waals surface area contributed by atoms with E-state index in [0.717, 1.165) is 6.08 Å². The second-order valence-corrected chi connectivity index (χ2v) is 3.68. The number of hydrogen-bond donors (Lipinski definition) is 1. The van der Waals surface area contributed by atoms with Gasteiger partial charge in [0, 0.05) is 23.8 Å². The van der Waals surface area contributed by atoms with Gasteiger partial charge >= 0.3 is 5.97 Å². The number of benzene rings is 1. The number of hydrogen-bond acceptors (Lipinski definition) is 4. The van der Waals surface area contributed by atoms with Crippen molar-refractivity contribution in [3.05, 3.63) is 58.3 Å². The average molecular weight is 259 g/mol. The molecule has 0 bridgehead atoms. The summed E-state index contributed by atoms with van der Waals surface area (Å²) < 4.78 is 5.40. The van der Waals surface area contributed by atoms with Crippen LogP contribution in [0.2, 0.25) is 0 Å². The van der Waals surface area contributed by atoms with Crippen molar-refractivity contribution in [2.75, 3.05) is 0 Å². The van der Waals surface area contributed by atoms with Crippen LogP contribution in [-0.4, -0.2) is 16.0 Å². The summed E-state index contributed by atoms with van der Waals surface area (Å²) in [6, 6.07) is 9.19. The Morgan fingerprint density at radius 3 is 2.47 bits per heavy atom. The van der Waals surface area contributed by atoms with E-state index in [1.807, 2.05) is 0 Å². The molecule has 96 valence electrons. The minimum Gasteiger partial charge on any atom is -0.478 e. The molecule has 6 heteroatoms. The van der Waals surface area contributed by atoms with Gasteiger partial charge in [-0.15, -0.1) is 0 Å². The summed E-state index contributed by atoms with van der Waals surface area (Å²) in [4.78, 5) is 20.4. The molecular formula is C13H9NO5. The Morgan fingerprint density at radius 1 is 1.21 bits per heavy atom. The van der Waals surface area contributed by atoms with Crippen molar-refractivity contribution in [1.82, 2.24) is 0 Å². The Bertz CT molecular complexity index is 639. The van der Waals surface area contributed by atoms with Crippen LogP contribution in [0.3, 0.4) is 0 Å². The Balaban J connectivity index is 2.23. The number of rotatable bonds is 4. The first-order valence-corrected chi connectivity index (χ1v) is 5.32. The zero-order valence-corrected chi connectivity index (χ0v) is 9.65. The summed E-state index contributed by atoms with van der Waals surface area (Å²) in [6.07, 6.45) is 2.30. The van der Waals surface area contributed by atoms with Crippen molar-refractivity contribution >= 4 is 17.7 Å². The maximum atomic E-state index is 10.5. The van der Waals surface area contributed by atoms with Gasteiger partial charge in [0.2, 0.25) is 0 Å². The van der Waals surface area contributed by atoms with Crippen molar-refractivity contribution in [1.29, 1.82) is 0 Å². The maximum Gasteiger partial charge on any atom is 0.328 e. The first-order valence-electron chi connectivity index (χ1n) is 5.32. The molecule has 2 rings (SSSR count). The molecule has 1 aromatic carbocycles. The van der Waals surface area contributed by atoms with E-state index in [9.17, 15) is 14.9 Å². The van der Waals surface area contributed by atoms with Crippen molar-refractivity contribution in [2.24, 2.45) is 0 Å². The largest absolute Gasteiger partial charge is 0.478 e. The van der Waals surface area contributed by atoms with Gasteiger partial charge in [-0.2, -0.15) is 0 Å². The van der Waals surface area contributed by atoms with Gasteiger partial charge in [0.05, 0.1) is 4.92 Å². The van der Waals surface area contributed by atoms with Crippen molar-refractivity contribution in [3.63, 3.8) is 0 Å². The third-order valence-electron chi connectivity index (χ3n) is 2.38. The molecule has 0 amide bonds. The molecule has 0 saturated heterocycles. The fourth-order valence-corrected chi connectivity index (χ4v) is 1.50. The maximum absolute atomic E-state index is 10.5. The van der Waals surface area contributed by atoms with E-state index in [0.29, 0.717) is 17.1 Å². The third kappa shape index (κ3) is 3.06. The van der Waals surface area contributed by atoms with Gasteiger partial charge in [0.25, 0.3) is 5.69 Å². The van der Waals surface area contributed by atoms with Crippen LogP contribution in [0.15, 0.2) is 46.9 Å². The first kappa shape index (κ1) is 12.6. The van der Waals surface area contributed by atoms with E-state index in [4.69, 9.17) is 9.52 Å². The number of carbonyl (C=O) groups is 1. The fourth-order valence-electron chi connectivity index (χ4n) is 1.50. The van der Waals surface area contributed by atoms with Gasteiger partial charge in [-0.1, -0.05) is 0 Å².